The van der Waals surface area contributed by atoms with Crippen molar-refractivity contribution < 1.29 is 4.79 Å². The first-order valence-electron chi connectivity index (χ1n) is 9.89. The van der Waals surface area contributed by atoms with E-state index in [4.69, 9.17) is 0 Å². The van der Waals surface area contributed by atoms with Gasteiger partial charge >= 0.3 is 6.03 Å². The molecule has 2 aliphatic rings. The Morgan fingerprint density at radius 3 is 2.71 bits per heavy atom. The summed E-state index contributed by atoms with van der Waals surface area (Å²) in [5.41, 5.74) is 2.21. The van der Waals surface area contributed by atoms with Gasteiger partial charge in [0.15, 0.2) is 5.13 Å². The van der Waals surface area contributed by atoms with Crippen molar-refractivity contribution in [1.82, 2.24) is 24.6 Å². The van der Waals surface area contributed by atoms with Crippen LogP contribution in [-0.4, -0.2) is 63.3 Å². The van der Waals surface area contributed by atoms with Crippen molar-refractivity contribution >= 4 is 22.5 Å². The van der Waals surface area contributed by atoms with Crippen molar-refractivity contribution in [3.63, 3.8) is 0 Å². The molecule has 0 spiro atoms. The van der Waals surface area contributed by atoms with Gasteiger partial charge in [-0.3, -0.25) is 15.0 Å². The smallest absolute Gasteiger partial charge is 0.322 e. The van der Waals surface area contributed by atoms with E-state index in [2.05, 4.69) is 20.3 Å². The Labute approximate surface area is 168 Å². The Balaban J connectivity index is 1.27. The van der Waals surface area contributed by atoms with E-state index in [1.807, 2.05) is 11.8 Å². The summed E-state index contributed by atoms with van der Waals surface area (Å²) in [7, 11) is 0. The number of aryl methyl sites for hydroxylation is 3. The van der Waals surface area contributed by atoms with E-state index >= 15 is 0 Å². The third-order valence-electron chi connectivity index (χ3n) is 5.40. The van der Waals surface area contributed by atoms with Crippen LogP contribution in [0.1, 0.15) is 29.0 Å². The van der Waals surface area contributed by atoms with Gasteiger partial charge in [-0.15, -0.1) is 11.3 Å². The number of hydrogen-bond donors (Lipinski definition) is 1. The first kappa shape index (κ1) is 19.1. The Bertz CT molecular complexity index is 900. The number of thiazole rings is 1. The summed E-state index contributed by atoms with van der Waals surface area (Å²) in [4.78, 5) is 34.0. The average Bonchev–Trinajstić information content (AvgIpc) is 3.11. The van der Waals surface area contributed by atoms with Crippen LogP contribution in [-0.2, 0) is 19.4 Å². The zero-order valence-corrected chi connectivity index (χ0v) is 17.0. The van der Waals surface area contributed by atoms with E-state index in [9.17, 15) is 9.59 Å². The number of aromatic nitrogens is 3. The van der Waals surface area contributed by atoms with E-state index in [0.29, 0.717) is 24.8 Å². The van der Waals surface area contributed by atoms with Crippen LogP contribution in [0.2, 0.25) is 0 Å². The number of nitrogens with zero attached hydrogens (tertiary/aromatic N) is 5. The molecule has 0 radical (unpaired) electrons. The summed E-state index contributed by atoms with van der Waals surface area (Å²) in [5.74, 6) is 0. The maximum Gasteiger partial charge on any atom is 0.323 e. The van der Waals surface area contributed by atoms with Crippen LogP contribution < -0.4 is 10.9 Å². The lowest BCUT2D eigenvalue weighted by Crippen LogP contribution is -2.50. The molecule has 8 nitrogen and oxygen atoms in total. The van der Waals surface area contributed by atoms with Gasteiger partial charge < -0.3 is 4.90 Å². The molecule has 3 heterocycles. The minimum Gasteiger partial charge on any atom is -0.322 e. The van der Waals surface area contributed by atoms with E-state index in [-0.39, 0.29) is 11.6 Å². The molecule has 0 atom stereocenters. The molecule has 0 bridgehead atoms. The number of rotatable bonds is 4. The summed E-state index contributed by atoms with van der Waals surface area (Å²) in [6, 6.07) is 1.67. The topological polar surface area (TPSA) is 83.4 Å². The molecule has 2 aromatic rings. The number of fused-ring (bicyclic) bond motifs is 1. The van der Waals surface area contributed by atoms with Gasteiger partial charge in [0.05, 0.1) is 12.2 Å². The number of piperazine rings is 1. The third kappa shape index (κ3) is 4.41. The van der Waals surface area contributed by atoms with Crippen LogP contribution in [0.15, 0.2) is 17.1 Å². The molecule has 1 fully saturated rings. The quantitative estimate of drug-likeness (QED) is 0.842. The molecule has 28 heavy (non-hydrogen) atoms. The van der Waals surface area contributed by atoms with Crippen LogP contribution in [0.3, 0.4) is 0 Å². The highest BCUT2D eigenvalue weighted by Crippen LogP contribution is 2.18. The molecule has 9 heteroatoms. The molecule has 1 aliphatic heterocycles. The molecule has 2 amide bonds. The first-order valence-corrected chi connectivity index (χ1v) is 10.7. The van der Waals surface area contributed by atoms with E-state index < -0.39 is 0 Å². The van der Waals surface area contributed by atoms with E-state index in [1.165, 1.54) is 11.3 Å². The van der Waals surface area contributed by atoms with Crippen LogP contribution >= 0.6 is 11.3 Å². The fraction of sp³-hybridized carbons (Fsp3) is 0.579. The Morgan fingerprint density at radius 2 is 1.96 bits per heavy atom. The van der Waals surface area contributed by atoms with Crippen molar-refractivity contribution in [2.45, 2.75) is 39.2 Å². The van der Waals surface area contributed by atoms with E-state index in [1.54, 1.807) is 16.9 Å². The maximum absolute atomic E-state index is 12.4. The molecule has 0 unspecified atom stereocenters. The van der Waals surface area contributed by atoms with Gasteiger partial charge in [-0.05, 0) is 38.2 Å². The second kappa shape index (κ2) is 8.40. The van der Waals surface area contributed by atoms with Crippen molar-refractivity contribution in [2.24, 2.45) is 0 Å². The molecule has 0 saturated carbocycles. The summed E-state index contributed by atoms with van der Waals surface area (Å²) >= 11 is 1.48. The first-order chi connectivity index (χ1) is 13.6. The van der Waals surface area contributed by atoms with Gasteiger partial charge in [0.1, 0.15) is 0 Å². The average molecular weight is 403 g/mol. The lowest BCUT2D eigenvalue weighted by atomic mass is 9.97. The van der Waals surface area contributed by atoms with Gasteiger partial charge in [-0.25, -0.2) is 14.5 Å². The number of hydrogen-bond acceptors (Lipinski definition) is 6. The molecule has 0 aromatic carbocycles. The standard InChI is InChI=1S/C19H26N6O2S/c1-14-13-20-18(28-14)21-19(27)24-9-6-23(7-10-24)8-11-25-17(26)12-15-4-2-3-5-16(15)22-25/h12-13H,2-11H2,1H3,(H,20,21,27). The van der Waals surface area contributed by atoms with Gasteiger partial charge in [0.2, 0.25) is 0 Å². The van der Waals surface area contributed by atoms with Crippen molar-refractivity contribution in [3.8, 4) is 0 Å². The molecule has 150 valence electrons. The highest BCUT2D eigenvalue weighted by Gasteiger charge is 2.22. The lowest BCUT2D eigenvalue weighted by Gasteiger charge is -2.34. The minimum atomic E-state index is -0.0958. The van der Waals surface area contributed by atoms with Crippen LogP contribution in [0.5, 0.6) is 0 Å². The Hall–Kier alpha value is -2.26. The van der Waals surface area contributed by atoms with Crippen molar-refractivity contribution in [3.05, 3.63) is 38.8 Å². The number of carbonyl (C=O) groups excluding carboxylic acids is 1. The lowest BCUT2D eigenvalue weighted by molar-refractivity contribution is 0.143. The predicted octanol–water partition coefficient (Wildman–Crippen LogP) is 1.74. The maximum atomic E-state index is 12.4. The van der Waals surface area contributed by atoms with Crippen molar-refractivity contribution in [2.75, 3.05) is 38.0 Å². The molecule has 1 saturated heterocycles. The third-order valence-corrected chi connectivity index (χ3v) is 6.22. The zero-order chi connectivity index (χ0) is 19.5. The molecule has 4 rings (SSSR count). The van der Waals surface area contributed by atoms with Crippen LogP contribution in [0.25, 0.3) is 0 Å². The minimum absolute atomic E-state index is 0.00240. The van der Waals surface area contributed by atoms with E-state index in [0.717, 1.165) is 61.5 Å². The number of carbonyl (C=O) groups is 1. The largest absolute Gasteiger partial charge is 0.323 e. The normalized spacial score (nSPS) is 17.4. The van der Waals surface area contributed by atoms with Gasteiger partial charge in [-0.1, -0.05) is 0 Å². The Morgan fingerprint density at radius 1 is 1.18 bits per heavy atom. The highest BCUT2D eigenvalue weighted by atomic mass is 32.1. The Kier molecular flexibility index (Phi) is 5.72. The van der Waals surface area contributed by atoms with Crippen LogP contribution in [0, 0.1) is 6.92 Å². The molecular formula is C19H26N6O2S. The predicted molar refractivity (Wildman–Crippen MR) is 109 cm³/mol. The second-order valence-electron chi connectivity index (χ2n) is 7.42. The van der Waals surface area contributed by atoms with Crippen LogP contribution in [0.4, 0.5) is 9.93 Å². The van der Waals surface area contributed by atoms with Gasteiger partial charge in [-0.2, -0.15) is 5.10 Å². The highest BCUT2D eigenvalue weighted by molar-refractivity contribution is 7.15. The molecule has 1 N–H and O–H groups in total. The molecule has 2 aromatic heterocycles. The van der Waals surface area contributed by atoms with Crippen molar-refractivity contribution in [1.29, 1.82) is 0 Å². The monoisotopic (exact) mass is 402 g/mol. The summed E-state index contributed by atoms with van der Waals surface area (Å²) in [6.45, 7) is 6.26. The number of anilines is 1. The van der Waals surface area contributed by atoms with Gasteiger partial charge in [0, 0.05) is 49.9 Å². The number of urea groups is 1. The summed E-state index contributed by atoms with van der Waals surface area (Å²) in [5, 5.41) is 8.09. The fourth-order valence-electron chi connectivity index (χ4n) is 3.75. The number of amides is 2. The fourth-order valence-corrected chi connectivity index (χ4v) is 4.41. The van der Waals surface area contributed by atoms with Gasteiger partial charge in [0.25, 0.3) is 5.56 Å². The zero-order valence-electron chi connectivity index (χ0n) is 16.2. The SMILES string of the molecule is Cc1cnc(NC(=O)N2CCN(CCn3nc4c(cc3=O)CCCC4)CC2)s1. The molecular weight excluding hydrogens is 376 g/mol. The second-order valence-corrected chi connectivity index (χ2v) is 8.65. The summed E-state index contributed by atoms with van der Waals surface area (Å²) in [6.07, 6.45) is 6.01. The molecule has 1 aliphatic carbocycles. The number of nitrogens with one attached hydrogen (secondary N) is 1. The summed E-state index contributed by atoms with van der Waals surface area (Å²) < 4.78 is 1.61.